The molecule has 1 aromatic rings. The van der Waals surface area contributed by atoms with E-state index in [1.54, 1.807) is 0 Å². The summed E-state index contributed by atoms with van der Waals surface area (Å²) in [5, 5.41) is 2.81. The molecule has 0 aliphatic carbocycles. The number of nitrogen functional groups attached to an aromatic ring is 1. The number of nitrogens with zero attached hydrogens (tertiary/aromatic N) is 3. The van der Waals surface area contributed by atoms with Crippen molar-refractivity contribution < 1.29 is 9.53 Å². The van der Waals surface area contributed by atoms with Crippen molar-refractivity contribution in [3.63, 3.8) is 0 Å². The van der Waals surface area contributed by atoms with Crippen molar-refractivity contribution >= 4 is 17.7 Å². The number of likely N-dealkylation sites (N-methyl/N-ethyl adjacent to an activating group) is 1. The molecule has 1 fully saturated rings. The number of morpholine rings is 1. The first-order valence-electron chi connectivity index (χ1n) is 6.35. The number of aryl methyl sites for hydroxylation is 1. The topological polar surface area (TPSA) is 93.4 Å². The first-order chi connectivity index (χ1) is 9.11. The number of carbonyl (C=O) groups is 1. The van der Waals surface area contributed by atoms with Crippen LogP contribution in [0.5, 0.6) is 0 Å². The molecule has 19 heavy (non-hydrogen) atoms. The van der Waals surface area contributed by atoms with E-state index in [1.807, 2.05) is 24.8 Å². The summed E-state index contributed by atoms with van der Waals surface area (Å²) >= 11 is 0. The maximum atomic E-state index is 12.0. The molecule has 104 valence electrons. The average Bonchev–Trinajstić information content (AvgIpc) is 2.38. The number of nitrogens with one attached hydrogen (secondary N) is 1. The van der Waals surface area contributed by atoms with Gasteiger partial charge in [0.2, 0.25) is 11.9 Å². The quantitative estimate of drug-likeness (QED) is 0.780. The van der Waals surface area contributed by atoms with Gasteiger partial charge in [0.1, 0.15) is 11.9 Å². The van der Waals surface area contributed by atoms with E-state index in [-0.39, 0.29) is 17.9 Å². The summed E-state index contributed by atoms with van der Waals surface area (Å²) < 4.78 is 5.38. The molecule has 1 atom stereocenters. The highest BCUT2D eigenvalue weighted by molar-refractivity contribution is 5.85. The Morgan fingerprint density at radius 1 is 1.63 bits per heavy atom. The highest BCUT2D eigenvalue weighted by atomic mass is 16.5. The number of amides is 1. The molecule has 1 aliphatic heterocycles. The second-order valence-corrected chi connectivity index (χ2v) is 4.40. The van der Waals surface area contributed by atoms with Crippen LogP contribution in [0, 0.1) is 6.92 Å². The highest BCUT2D eigenvalue weighted by Gasteiger charge is 2.30. The predicted molar refractivity (Wildman–Crippen MR) is 71.8 cm³/mol. The van der Waals surface area contributed by atoms with Crippen LogP contribution in [0.2, 0.25) is 0 Å². The fourth-order valence-corrected chi connectivity index (χ4v) is 2.11. The number of carbonyl (C=O) groups excluding carboxylic acids is 1. The lowest BCUT2D eigenvalue weighted by Gasteiger charge is -2.35. The van der Waals surface area contributed by atoms with Crippen molar-refractivity contribution in [2.45, 2.75) is 19.9 Å². The third kappa shape index (κ3) is 3.11. The van der Waals surface area contributed by atoms with Gasteiger partial charge in [-0.05, 0) is 13.8 Å². The summed E-state index contributed by atoms with van der Waals surface area (Å²) in [7, 11) is 0. The van der Waals surface area contributed by atoms with Crippen molar-refractivity contribution in [2.75, 3.05) is 36.9 Å². The van der Waals surface area contributed by atoms with Crippen LogP contribution in [0.4, 0.5) is 11.8 Å². The van der Waals surface area contributed by atoms with E-state index in [0.717, 1.165) is 5.69 Å². The first-order valence-corrected chi connectivity index (χ1v) is 6.35. The van der Waals surface area contributed by atoms with E-state index in [0.29, 0.717) is 32.1 Å². The predicted octanol–water partition coefficient (Wildman–Crippen LogP) is -0.291. The number of ether oxygens (including phenoxy) is 1. The minimum Gasteiger partial charge on any atom is -0.377 e. The van der Waals surface area contributed by atoms with Gasteiger partial charge in [0.25, 0.3) is 0 Å². The lowest BCUT2D eigenvalue weighted by molar-refractivity contribution is -0.124. The zero-order valence-electron chi connectivity index (χ0n) is 11.2. The Bertz CT molecular complexity index is 445. The van der Waals surface area contributed by atoms with Gasteiger partial charge < -0.3 is 20.7 Å². The van der Waals surface area contributed by atoms with Gasteiger partial charge in [-0.15, -0.1) is 0 Å². The molecule has 3 N–H and O–H groups in total. The average molecular weight is 265 g/mol. The SMILES string of the molecule is CCNC(=O)C1COCCN1c1cc(C)nc(N)n1. The Kier molecular flexibility index (Phi) is 4.16. The maximum Gasteiger partial charge on any atom is 0.245 e. The van der Waals surface area contributed by atoms with Crippen molar-refractivity contribution in [1.82, 2.24) is 15.3 Å². The van der Waals surface area contributed by atoms with E-state index in [1.165, 1.54) is 0 Å². The molecule has 2 rings (SSSR count). The molecule has 0 saturated carbocycles. The number of nitrogens with two attached hydrogens (primary N) is 1. The van der Waals surface area contributed by atoms with Crippen LogP contribution >= 0.6 is 0 Å². The normalized spacial score (nSPS) is 19.3. The van der Waals surface area contributed by atoms with Gasteiger partial charge in [0, 0.05) is 24.8 Å². The molecule has 1 aliphatic rings. The number of hydrogen-bond donors (Lipinski definition) is 2. The number of aromatic nitrogens is 2. The Labute approximate surface area is 112 Å². The molecular weight excluding hydrogens is 246 g/mol. The lowest BCUT2D eigenvalue weighted by atomic mass is 10.2. The molecule has 0 spiro atoms. The van der Waals surface area contributed by atoms with Gasteiger partial charge in [-0.1, -0.05) is 0 Å². The molecule has 0 aromatic carbocycles. The molecule has 1 unspecified atom stereocenters. The van der Waals surface area contributed by atoms with E-state index in [4.69, 9.17) is 10.5 Å². The second-order valence-electron chi connectivity index (χ2n) is 4.40. The summed E-state index contributed by atoms with van der Waals surface area (Å²) in [5.74, 6) is 0.831. The Balaban J connectivity index is 2.25. The molecule has 0 radical (unpaired) electrons. The van der Waals surface area contributed by atoms with Crippen LogP contribution in [0.3, 0.4) is 0 Å². The molecule has 1 aromatic heterocycles. The molecule has 1 saturated heterocycles. The van der Waals surface area contributed by atoms with Crippen molar-refractivity contribution in [2.24, 2.45) is 0 Å². The van der Waals surface area contributed by atoms with Gasteiger partial charge in [0.05, 0.1) is 13.2 Å². The summed E-state index contributed by atoms with van der Waals surface area (Å²) in [4.78, 5) is 22.2. The minimum atomic E-state index is -0.373. The third-order valence-electron chi connectivity index (χ3n) is 2.93. The van der Waals surface area contributed by atoms with Crippen LogP contribution in [-0.2, 0) is 9.53 Å². The standard InChI is InChI=1S/C12H19N5O2/c1-3-14-11(18)9-7-19-5-4-17(9)10-6-8(2)15-12(13)16-10/h6,9H,3-5,7H2,1-2H3,(H,14,18)(H2,13,15,16). The van der Waals surface area contributed by atoms with Crippen molar-refractivity contribution in [3.8, 4) is 0 Å². The molecule has 0 bridgehead atoms. The fourth-order valence-electron chi connectivity index (χ4n) is 2.11. The molecular formula is C12H19N5O2. The van der Waals surface area contributed by atoms with Crippen molar-refractivity contribution in [1.29, 1.82) is 0 Å². The van der Waals surface area contributed by atoms with E-state index in [9.17, 15) is 4.79 Å². The van der Waals surface area contributed by atoms with Crippen LogP contribution in [0.1, 0.15) is 12.6 Å². The molecule has 2 heterocycles. The zero-order chi connectivity index (χ0) is 13.8. The lowest BCUT2D eigenvalue weighted by Crippen LogP contribution is -2.54. The van der Waals surface area contributed by atoms with Gasteiger partial charge in [-0.25, -0.2) is 4.98 Å². The Morgan fingerprint density at radius 2 is 2.42 bits per heavy atom. The minimum absolute atomic E-state index is 0.0583. The Hall–Kier alpha value is -1.89. The van der Waals surface area contributed by atoms with Gasteiger partial charge in [0.15, 0.2) is 0 Å². The summed E-state index contributed by atoms with van der Waals surface area (Å²) in [6.45, 7) is 5.86. The van der Waals surface area contributed by atoms with E-state index >= 15 is 0 Å². The maximum absolute atomic E-state index is 12.0. The van der Waals surface area contributed by atoms with E-state index in [2.05, 4.69) is 15.3 Å². The smallest absolute Gasteiger partial charge is 0.245 e. The summed E-state index contributed by atoms with van der Waals surface area (Å²) in [6.07, 6.45) is 0. The molecule has 7 nitrogen and oxygen atoms in total. The van der Waals surface area contributed by atoms with Crippen LogP contribution < -0.4 is 16.0 Å². The van der Waals surface area contributed by atoms with Crippen molar-refractivity contribution in [3.05, 3.63) is 11.8 Å². The molecule has 7 heteroatoms. The van der Waals surface area contributed by atoms with Crippen LogP contribution in [-0.4, -0.2) is 48.2 Å². The molecule has 1 amide bonds. The zero-order valence-corrected chi connectivity index (χ0v) is 11.2. The summed E-state index contributed by atoms with van der Waals surface area (Å²) in [6, 6.07) is 1.45. The third-order valence-corrected chi connectivity index (χ3v) is 2.93. The fraction of sp³-hybridized carbons (Fsp3) is 0.583. The monoisotopic (exact) mass is 265 g/mol. The highest BCUT2D eigenvalue weighted by Crippen LogP contribution is 2.19. The first kappa shape index (κ1) is 13.5. The largest absolute Gasteiger partial charge is 0.377 e. The van der Waals surface area contributed by atoms with Crippen LogP contribution in [0.25, 0.3) is 0 Å². The number of anilines is 2. The van der Waals surface area contributed by atoms with Gasteiger partial charge in [-0.3, -0.25) is 4.79 Å². The van der Waals surface area contributed by atoms with Gasteiger partial charge in [-0.2, -0.15) is 4.98 Å². The number of hydrogen-bond acceptors (Lipinski definition) is 6. The van der Waals surface area contributed by atoms with E-state index < -0.39 is 0 Å². The second kappa shape index (κ2) is 5.83. The summed E-state index contributed by atoms with van der Waals surface area (Å²) in [5.41, 5.74) is 6.45. The van der Waals surface area contributed by atoms with Gasteiger partial charge >= 0.3 is 0 Å². The van der Waals surface area contributed by atoms with Crippen LogP contribution in [0.15, 0.2) is 6.07 Å². The Morgan fingerprint density at radius 3 is 3.11 bits per heavy atom. The number of rotatable bonds is 3.